The summed E-state index contributed by atoms with van der Waals surface area (Å²) in [6.45, 7) is -0.102. The molecule has 0 bridgehead atoms. The monoisotopic (exact) mass is 561 g/mol. The van der Waals surface area contributed by atoms with Gasteiger partial charge in [0.1, 0.15) is 5.69 Å². The molecule has 0 unspecified atom stereocenters. The van der Waals surface area contributed by atoms with Crippen LogP contribution in [0.4, 0.5) is 5.69 Å². The maximum Gasteiger partial charge on any atom is 0.280 e. The lowest BCUT2D eigenvalue weighted by atomic mass is 9.90. The Morgan fingerprint density at radius 2 is 1.64 bits per heavy atom. The second kappa shape index (κ2) is 11.1. The molecular formula is C33H31N5O4. The smallest absolute Gasteiger partial charge is 0.280 e. The van der Waals surface area contributed by atoms with Crippen LogP contribution < -0.4 is 19.9 Å². The molecule has 1 aliphatic rings. The van der Waals surface area contributed by atoms with E-state index in [2.05, 4.69) is 4.98 Å². The normalized spacial score (nSPS) is 14.3. The molecule has 0 aliphatic carbocycles. The highest BCUT2D eigenvalue weighted by atomic mass is 16.5. The van der Waals surface area contributed by atoms with E-state index in [0.717, 1.165) is 33.3 Å². The minimum Gasteiger partial charge on any atom is -0.493 e. The lowest BCUT2D eigenvalue weighted by Crippen LogP contribution is -2.26. The number of aliphatic hydroxyl groups excluding tert-OH is 1. The summed E-state index contributed by atoms with van der Waals surface area (Å²) in [5.74, 6) is 1.56. The molecule has 9 heteroatoms. The molecule has 3 aromatic carbocycles. The first-order valence-corrected chi connectivity index (χ1v) is 13.6. The van der Waals surface area contributed by atoms with Crippen LogP contribution >= 0.6 is 0 Å². The molecule has 0 fully saturated rings. The Morgan fingerprint density at radius 1 is 0.929 bits per heavy atom. The zero-order valence-electron chi connectivity index (χ0n) is 23.9. The summed E-state index contributed by atoms with van der Waals surface area (Å²) in [4.78, 5) is 25.3. The molecule has 0 amide bonds. The molecule has 6 rings (SSSR count). The van der Waals surface area contributed by atoms with Crippen LogP contribution in [-0.2, 0) is 6.42 Å². The van der Waals surface area contributed by atoms with E-state index < -0.39 is 0 Å². The quantitative estimate of drug-likeness (QED) is 0.316. The fraction of sp³-hybridized carbons (Fsp3) is 0.212. The van der Waals surface area contributed by atoms with Crippen LogP contribution in [-0.4, -0.2) is 66.5 Å². The van der Waals surface area contributed by atoms with Crippen molar-refractivity contribution in [1.82, 2.24) is 14.8 Å². The summed E-state index contributed by atoms with van der Waals surface area (Å²) in [6.07, 6.45) is 2.21. The third kappa shape index (κ3) is 4.67. The lowest BCUT2D eigenvalue weighted by Gasteiger charge is -2.24. The van der Waals surface area contributed by atoms with E-state index in [0.29, 0.717) is 40.5 Å². The average Bonchev–Trinajstić information content (AvgIpc) is 3.03. The number of methoxy groups -OCH3 is 2. The van der Waals surface area contributed by atoms with E-state index in [1.165, 1.54) is 4.68 Å². The van der Waals surface area contributed by atoms with Crippen LogP contribution in [0.2, 0.25) is 0 Å². The molecular weight excluding hydrogens is 530 g/mol. The number of aliphatic hydroxyl groups is 1. The van der Waals surface area contributed by atoms with Crippen LogP contribution in [0.5, 0.6) is 11.5 Å². The summed E-state index contributed by atoms with van der Waals surface area (Å²) < 4.78 is 12.4. The predicted octanol–water partition coefficient (Wildman–Crippen LogP) is 4.29. The molecule has 1 N–H and O–H groups in total. The number of ether oxygens (including phenoxy) is 2. The zero-order chi connectivity index (χ0) is 29.4. The van der Waals surface area contributed by atoms with Crippen LogP contribution in [0.3, 0.4) is 0 Å². The number of nitrogens with zero attached hydrogens (tertiary/aromatic N) is 5. The highest BCUT2D eigenvalue weighted by Gasteiger charge is 2.25. The first-order valence-electron chi connectivity index (χ1n) is 13.6. The van der Waals surface area contributed by atoms with Gasteiger partial charge in [0.2, 0.25) is 0 Å². The van der Waals surface area contributed by atoms with Gasteiger partial charge in [0, 0.05) is 48.1 Å². The van der Waals surface area contributed by atoms with Crippen molar-refractivity contribution in [3.8, 4) is 28.6 Å². The number of hydrogen-bond acceptors (Lipinski definition) is 8. The van der Waals surface area contributed by atoms with Gasteiger partial charge in [-0.15, -0.1) is 0 Å². The van der Waals surface area contributed by atoms with Crippen molar-refractivity contribution in [2.24, 2.45) is 4.99 Å². The largest absolute Gasteiger partial charge is 0.493 e. The molecule has 0 spiro atoms. The standard InChI is InChI=1S/C33H31N5O4/c1-37(2)27-12-8-7-11-25(27)32-23-9-5-6-10-24(23)33(40)38(36-32)30-17-20(13-14-34-30)31-26-18-29(42-4)28(41-3)16-21(26)15-22(19-39)35-31/h5-14,16-18,22,39H,15,19H2,1-4H3/t22-/m0/s1. The summed E-state index contributed by atoms with van der Waals surface area (Å²) >= 11 is 0. The maximum atomic E-state index is 13.8. The number of aromatic nitrogens is 3. The number of para-hydroxylation sites is 1. The van der Waals surface area contributed by atoms with Crippen LogP contribution in [0, 0.1) is 0 Å². The van der Waals surface area contributed by atoms with Crippen LogP contribution in [0.1, 0.15) is 16.7 Å². The van der Waals surface area contributed by atoms with Crippen molar-refractivity contribution >= 4 is 22.2 Å². The van der Waals surface area contributed by atoms with Gasteiger partial charge >= 0.3 is 0 Å². The van der Waals surface area contributed by atoms with Gasteiger partial charge in [0.25, 0.3) is 5.56 Å². The summed E-state index contributed by atoms with van der Waals surface area (Å²) in [6, 6.07) is 22.6. The molecule has 3 heterocycles. The highest BCUT2D eigenvalue weighted by molar-refractivity contribution is 6.15. The topological polar surface area (TPSA) is 102 Å². The van der Waals surface area contributed by atoms with Crippen LogP contribution in [0.25, 0.3) is 27.8 Å². The van der Waals surface area contributed by atoms with Crippen molar-refractivity contribution in [1.29, 1.82) is 0 Å². The van der Waals surface area contributed by atoms with Crippen molar-refractivity contribution in [3.63, 3.8) is 0 Å². The van der Waals surface area contributed by atoms with Crippen molar-refractivity contribution in [2.45, 2.75) is 12.5 Å². The molecule has 0 saturated carbocycles. The minimum absolute atomic E-state index is 0.102. The molecule has 2 aromatic heterocycles. The lowest BCUT2D eigenvalue weighted by molar-refractivity contribution is 0.265. The summed E-state index contributed by atoms with van der Waals surface area (Å²) in [5, 5.41) is 16.2. The number of fused-ring (bicyclic) bond motifs is 2. The van der Waals surface area contributed by atoms with E-state index in [1.807, 2.05) is 91.8 Å². The summed E-state index contributed by atoms with van der Waals surface area (Å²) in [5.41, 5.74) is 5.56. The van der Waals surface area contributed by atoms with E-state index in [9.17, 15) is 9.90 Å². The Bertz CT molecular complexity index is 1900. The zero-order valence-corrected chi connectivity index (χ0v) is 23.9. The number of aliphatic imine (C=N–C) groups is 1. The second-order valence-electron chi connectivity index (χ2n) is 10.3. The third-order valence-electron chi connectivity index (χ3n) is 7.52. The molecule has 0 radical (unpaired) electrons. The number of anilines is 1. The van der Waals surface area contributed by atoms with Gasteiger partial charge in [0.05, 0.1) is 38.0 Å². The molecule has 0 saturated heterocycles. The number of benzene rings is 3. The Hall–Kier alpha value is -5.02. The Balaban J connectivity index is 1.55. The Labute approximate surface area is 243 Å². The Morgan fingerprint density at radius 3 is 2.38 bits per heavy atom. The van der Waals surface area contributed by atoms with E-state index in [1.54, 1.807) is 20.4 Å². The van der Waals surface area contributed by atoms with Gasteiger partial charge in [-0.1, -0.05) is 36.4 Å². The molecule has 212 valence electrons. The van der Waals surface area contributed by atoms with E-state index >= 15 is 0 Å². The minimum atomic E-state index is -0.321. The Kier molecular flexibility index (Phi) is 7.18. The molecule has 1 atom stereocenters. The van der Waals surface area contributed by atoms with Gasteiger partial charge in [-0.25, -0.2) is 4.98 Å². The fourth-order valence-electron chi connectivity index (χ4n) is 5.49. The van der Waals surface area contributed by atoms with Crippen molar-refractivity contribution in [3.05, 3.63) is 106 Å². The second-order valence-corrected chi connectivity index (χ2v) is 10.3. The molecule has 1 aliphatic heterocycles. The molecule has 5 aromatic rings. The number of rotatable bonds is 7. The van der Waals surface area contributed by atoms with Crippen molar-refractivity contribution < 1.29 is 14.6 Å². The highest BCUT2D eigenvalue weighted by Crippen LogP contribution is 2.35. The first-order chi connectivity index (χ1) is 20.4. The average molecular weight is 562 g/mol. The number of hydrogen-bond donors (Lipinski definition) is 1. The SMILES string of the molecule is COc1cc2c(cc1OC)C(c1ccnc(-n3nc(-c4ccccc4N(C)C)c4ccccc4c3=O)c1)=N[C@H](CO)C2. The third-order valence-corrected chi connectivity index (χ3v) is 7.52. The fourth-order valence-corrected chi connectivity index (χ4v) is 5.49. The molecule has 42 heavy (non-hydrogen) atoms. The summed E-state index contributed by atoms with van der Waals surface area (Å²) in [7, 11) is 7.15. The van der Waals surface area contributed by atoms with Crippen molar-refractivity contribution in [2.75, 3.05) is 39.8 Å². The van der Waals surface area contributed by atoms with E-state index in [4.69, 9.17) is 19.6 Å². The van der Waals surface area contributed by atoms with E-state index in [-0.39, 0.29) is 18.2 Å². The maximum absolute atomic E-state index is 13.8. The van der Waals surface area contributed by atoms with Gasteiger partial charge in [-0.05, 0) is 48.4 Å². The van der Waals surface area contributed by atoms with Gasteiger partial charge in [-0.2, -0.15) is 9.78 Å². The van der Waals surface area contributed by atoms with Gasteiger partial charge in [0.15, 0.2) is 17.3 Å². The molecule has 9 nitrogen and oxygen atoms in total. The van der Waals surface area contributed by atoms with Gasteiger partial charge < -0.3 is 19.5 Å². The predicted molar refractivity (Wildman–Crippen MR) is 165 cm³/mol. The first kappa shape index (κ1) is 27.2. The van der Waals surface area contributed by atoms with Gasteiger partial charge in [-0.3, -0.25) is 9.79 Å². The van der Waals surface area contributed by atoms with Crippen LogP contribution in [0.15, 0.2) is 88.8 Å². The number of pyridine rings is 1.